The highest BCUT2D eigenvalue weighted by molar-refractivity contribution is 5.44. The highest BCUT2D eigenvalue weighted by atomic mass is 19.1. The molecule has 0 saturated carbocycles. The predicted octanol–water partition coefficient (Wildman–Crippen LogP) is 4.83. The number of aliphatic hydroxyl groups is 1. The summed E-state index contributed by atoms with van der Waals surface area (Å²) in [4.78, 5) is 2.15. The molecule has 1 atom stereocenters. The molecule has 1 N–H and O–H groups in total. The van der Waals surface area contributed by atoms with Crippen LogP contribution in [0.1, 0.15) is 32.0 Å². The lowest BCUT2D eigenvalue weighted by Crippen LogP contribution is -2.37. The van der Waals surface area contributed by atoms with Gasteiger partial charge in [0, 0.05) is 19.6 Å². The van der Waals surface area contributed by atoms with Gasteiger partial charge in [0.2, 0.25) is 5.88 Å². The van der Waals surface area contributed by atoms with Crippen molar-refractivity contribution in [1.29, 1.82) is 0 Å². The van der Waals surface area contributed by atoms with Crippen molar-refractivity contribution in [2.45, 2.75) is 39.8 Å². The van der Waals surface area contributed by atoms with E-state index in [2.05, 4.69) is 24.7 Å². The third kappa shape index (κ3) is 7.40. The fourth-order valence-corrected chi connectivity index (χ4v) is 3.95. The number of ether oxygens (including phenoxy) is 2. The van der Waals surface area contributed by atoms with Crippen LogP contribution in [-0.4, -0.2) is 52.2 Å². The van der Waals surface area contributed by atoms with Crippen LogP contribution in [0.15, 0.2) is 54.6 Å². The standard InChI is InChI=1S/C28H34FN3O3/c1-5-16-34-20-23(33)18-31(17-21(3)4)19-24-26(6-2)30-32(22-12-8-7-9-13-22)28(24)35-27-15-11-10-14-25(27)29/h1,7-15,21,23,33H,6,16-20H2,2-4H3/t23-/m0/s1. The van der Waals surface area contributed by atoms with E-state index >= 15 is 0 Å². The third-order valence-electron chi connectivity index (χ3n) is 5.37. The number of nitrogens with zero attached hydrogens (tertiary/aromatic N) is 3. The summed E-state index contributed by atoms with van der Waals surface area (Å²) in [6, 6.07) is 16.0. The zero-order valence-electron chi connectivity index (χ0n) is 20.7. The summed E-state index contributed by atoms with van der Waals surface area (Å²) in [5, 5.41) is 15.4. The molecule has 1 aromatic heterocycles. The molecule has 0 spiro atoms. The van der Waals surface area contributed by atoms with E-state index in [4.69, 9.17) is 21.0 Å². The number of para-hydroxylation sites is 2. The Morgan fingerprint density at radius 1 is 1.11 bits per heavy atom. The van der Waals surface area contributed by atoms with E-state index in [1.54, 1.807) is 22.9 Å². The van der Waals surface area contributed by atoms with Crippen LogP contribution in [0.25, 0.3) is 5.69 Å². The van der Waals surface area contributed by atoms with E-state index in [9.17, 15) is 9.50 Å². The molecule has 2 aromatic carbocycles. The van der Waals surface area contributed by atoms with E-state index < -0.39 is 11.9 Å². The number of terminal acetylenes is 1. The van der Waals surface area contributed by atoms with Crippen molar-refractivity contribution in [3.05, 3.63) is 71.7 Å². The molecule has 0 saturated heterocycles. The van der Waals surface area contributed by atoms with Crippen LogP contribution < -0.4 is 4.74 Å². The molecule has 0 radical (unpaired) electrons. The summed E-state index contributed by atoms with van der Waals surface area (Å²) in [6.45, 7) is 8.20. The van der Waals surface area contributed by atoms with Crippen LogP contribution in [-0.2, 0) is 17.7 Å². The van der Waals surface area contributed by atoms with E-state index in [0.29, 0.717) is 31.3 Å². The van der Waals surface area contributed by atoms with E-state index in [1.165, 1.54) is 6.07 Å². The van der Waals surface area contributed by atoms with Gasteiger partial charge in [0.15, 0.2) is 11.6 Å². The number of rotatable bonds is 13. The van der Waals surface area contributed by atoms with Crippen molar-refractivity contribution in [2.75, 3.05) is 26.3 Å². The maximum atomic E-state index is 14.6. The van der Waals surface area contributed by atoms with E-state index in [-0.39, 0.29) is 19.0 Å². The quantitative estimate of drug-likeness (QED) is 0.281. The van der Waals surface area contributed by atoms with E-state index in [1.807, 2.05) is 37.3 Å². The highest BCUT2D eigenvalue weighted by Gasteiger charge is 2.24. The molecule has 7 heteroatoms. The SMILES string of the molecule is C#CCOC[C@@H](O)CN(Cc1c(CC)nn(-c2ccccc2)c1Oc1ccccc1F)CC(C)C. The molecule has 6 nitrogen and oxygen atoms in total. The Labute approximate surface area is 207 Å². The van der Waals surface area contributed by atoms with Crippen LogP contribution in [0.2, 0.25) is 0 Å². The summed E-state index contributed by atoms with van der Waals surface area (Å²) in [5.74, 6) is 2.92. The molecule has 0 unspecified atom stereocenters. The first kappa shape index (κ1) is 26.4. The topological polar surface area (TPSA) is 59.8 Å². The van der Waals surface area contributed by atoms with Gasteiger partial charge in [-0.3, -0.25) is 4.90 Å². The summed E-state index contributed by atoms with van der Waals surface area (Å²) >= 11 is 0. The maximum Gasteiger partial charge on any atom is 0.227 e. The molecule has 0 aliphatic heterocycles. The van der Waals surface area contributed by atoms with Gasteiger partial charge in [0.25, 0.3) is 0 Å². The van der Waals surface area contributed by atoms with Gasteiger partial charge in [0.1, 0.15) is 6.61 Å². The van der Waals surface area contributed by atoms with Crippen LogP contribution in [0.5, 0.6) is 11.6 Å². The summed E-state index contributed by atoms with van der Waals surface area (Å²) in [5.41, 5.74) is 2.53. The monoisotopic (exact) mass is 479 g/mol. The average molecular weight is 480 g/mol. The number of hydrogen-bond acceptors (Lipinski definition) is 5. The fourth-order valence-electron chi connectivity index (χ4n) is 3.95. The Morgan fingerprint density at radius 2 is 1.83 bits per heavy atom. The highest BCUT2D eigenvalue weighted by Crippen LogP contribution is 2.33. The van der Waals surface area contributed by atoms with Crippen LogP contribution in [0.4, 0.5) is 4.39 Å². The minimum absolute atomic E-state index is 0.131. The number of aliphatic hydroxyl groups excluding tert-OH is 1. The fraction of sp³-hybridized carbons (Fsp3) is 0.393. The normalized spacial score (nSPS) is 12.2. The molecule has 0 amide bonds. The zero-order valence-corrected chi connectivity index (χ0v) is 20.7. The van der Waals surface area contributed by atoms with Gasteiger partial charge in [-0.25, -0.2) is 9.07 Å². The largest absolute Gasteiger partial charge is 0.435 e. The number of aryl methyl sites for hydroxylation is 1. The smallest absolute Gasteiger partial charge is 0.227 e. The van der Waals surface area contributed by atoms with E-state index in [0.717, 1.165) is 23.5 Å². The van der Waals surface area contributed by atoms with Crippen LogP contribution in [0, 0.1) is 24.1 Å². The minimum Gasteiger partial charge on any atom is -0.435 e. The lowest BCUT2D eigenvalue weighted by molar-refractivity contribution is 0.0236. The average Bonchev–Trinajstić information content (AvgIpc) is 3.17. The molecule has 0 aliphatic rings. The summed E-state index contributed by atoms with van der Waals surface area (Å²) < 4.78 is 27.8. The van der Waals surface area contributed by atoms with Gasteiger partial charge >= 0.3 is 0 Å². The van der Waals surface area contributed by atoms with Crippen molar-refractivity contribution >= 4 is 0 Å². The zero-order chi connectivity index (χ0) is 25.2. The lowest BCUT2D eigenvalue weighted by atomic mass is 10.1. The maximum absolute atomic E-state index is 14.6. The van der Waals surface area contributed by atoms with Crippen LogP contribution >= 0.6 is 0 Å². The second-order valence-corrected chi connectivity index (χ2v) is 8.82. The first-order valence-corrected chi connectivity index (χ1v) is 11.9. The Hall–Kier alpha value is -3.18. The molecule has 3 rings (SSSR count). The van der Waals surface area contributed by atoms with Gasteiger partial charge in [0.05, 0.1) is 29.7 Å². The third-order valence-corrected chi connectivity index (χ3v) is 5.37. The Kier molecular flexibility index (Phi) is 9.86. The first-order valence-electron chi connectivity index (χ1n) is 11.9. The van der Waals surface area contributed by atoms with Gasteiger partial charge in [-0.15, -0.1) is 6.42 Å². The number of hydrogen-bond donors (Lipinski definition) is 1. The lowest BCUT2D eigenvalue weighted by Gasteiger charge is -2.27. The Morgan fingerprint density at radius 3 is 2.49 bits per heavy atom. The second-order valence-electron chi connectivity index (χ2n) is 8.82. The molecule has 0 bridgehead atoms. The Bertz CT molecular complexity index is 1110. The van der Waals surface area contributed by atoms with Gasteiger partial charge in [-0.05, 0) is 36.6 Å². The second kappa shape index (κ2) is 13.1. The molecule has 0 fully saturated rings. The number of aromatic nitrogens is 2. The van der Waals surface area contributed by atoms with Gasteiger partial charge in [-0.2, -0.15) is 5.10 Å². The molecule has 3 aromatic rings. The predicted molar refractivity (Wildman–Crippen MR) is 135 cm³/mol. The Balaban J connectivity index is 2.00. The van der Waals surface area contributed by atoms with Crippen molar-refractivity contribution < 1.29 is 19.0 Å². The summed E-state index contributed by atoms with van der Waals surface area (Å²) in [6.07, 6.45) is 5.21. The molecular formula is C28H34FN3O3. The first-order chi connectivity index (χ1) is 16.9. The van der Waals surface area contributed by atoms with Crippen molar-refractivity contribution in [2.24, 2.45) is 5.92 Å². The van der Waals surface area contributed by atoms with Crippen molar-refractivity contribution in [1.82, 2.24) is 14.7 Å². The molecular weight excluding hydrogens is 445 g/mol. The van der Waals surface area contributed by atoms with Crippen molar-refractivity contribution in [3.63, 3.8) is 0 Å². The summed E-state index contributed by atoms with van der Waals surface area (Å²) in [7, 11) is 0. The molecule has 35 heavy (non-hydrogen) atoms. The van der Waals surface area contributed by atoms with Crippen molar-refractivity contribution in [3.8, 4) is 29.7 Å². The van der Waals surface area contributed by atoms with Gasteiger partial charge < -0.3 is 14.6 Å². The minimum atomic E-state index is -0.702. The van der Waals surface area contributed by atoms with Gasteiger partial charge in [-0.1, -0.05) is 57.0 Å². The molecule has 0 aliphatic carbocycles. The molecule has 186 valence electrons. The van der Waals surface area contributed by atoms with Crippen LogP contribution in [0.3, 0.4) is 0 Å². The molecule has 1 heterocycles. The number of halogens is 1. The number of benzene rings is 2.